The molecule has 0 aliphatic rings. The summed E-state index contributed by atoms with van der Waals surface area (Å²) in [6.45, 7) is 6.24. The van der Waals surface area contributed by atoms with Crippen molar-refractivity contribution in [3.8, 4) is 11.5 Å². The topological polar surface area (TPSA) is 38.3 Å². The summed E-state index contributed by atoms with van der Waals surface area (Å²) in [5, 5.41) is 2.53. The number of ether oxygens (including phenoxy) is 1. The van der Waals surface area contributed by atoms with Crippen molar-refractivity contribution in [3.05, 3.63) is 89.5 Å². The first-order valence-corrected chi connectivity index (χ1v) is 9.40. The van der Waals surface area contributed by atoms with Gasteiger partial charge in [-0.1, -0.05) is 51.1 Å². The summed E-state index contributed by atoms with van der Waals surface area (Å²) >= 11 is 0. The molecule has 0 saturated heterocycles. The van der Waals surface area contributed by atoms with Gasteiger partial charge in [0.2, 0.25) is 0 Å². The Morgan fingerprint density at radius 3 is 2.00 bits per heavy atom. The molecule has 0 saturated carbocycles. The number of halogens is 3. The van der Waals surface area contributed by atoms with Crippen molar-refractivity contribution >= 4 is 11.6 Å². The van der Waals surface area contributed by atoms with Gasteiger partial charge in [0.05, 0.1) is 11.3 Å². The first kappa shape index (κ1) is 21.4. The van der Waals surface area contributed by atoms with E-state index in [0.717, 1.165) is 17.7 Å². The van der Waals surface area contributed by atoms with E-state index in [1.165, 1.54) is 6.07 Å². The van der Waals surface area contributed by atoms with Crippen molar-refractivity contribution in [2.45, 2.75) is 32.4 Å². The third-order valence-corrected chi connectivity index (χ3v) is 4.54. The zero-order chi connectivity index (χ0) is 21.9. The predicted octanol–water partition coefficient (Wildman–Crippen LogP) is 7.05. The van der Waals surface area contributed by atoms with Gasteiger partial charge in [-0.3, -0.25) is 4.79 Å². The summed E-state index contributed by atoms with van der Waals surface area (Å²) in [7, 11) is 0. The highest BCUT2D eigenvalue weighted by molar-refractivity contribution is 6.05. The van der Waals surface area contributed by atoms with Crippen LogP contribution in [0.3, 0.4) is 0 Å². The van der Waals surface area contributed by atoms with Crippen molar-refractivity contribution in [2.75, 3.05) is 5.32 Å². The van der Waals surface area contributed by atoms with Gasteiger partial charge in [-0.2, -0.15) is 13.2 Å². The van der Waals surface area contributed by atoms with Gasteiger partial charge in [0, 0.05) is 5.56 Å². The molecule has 0 spiro atoms. The summed E-state index contributed by atoms with van der Waals surface area (Å²) in [6.07, 6.45) is -4.54. The molecule has 30 heavy (non-hydrogen) atoms. The summed E-state index contributed by atoms with van der Waals surface area (Å²) in [5.41, 5.74) is 0.456. The fraction of sp³-hybridized carbons (Fsp3) is 0.208. The van der Waals surface area contributed by atoms with E-state index in [1.54, 1.807) is 42.5 Å². The zero-order valence-corrected chi connectivity index (χ0v) is 16.9. The Kier molecular flexibility index (Phi) is 5.87. The van der Waals surface area contributed by atoms with Crippen LogP contribution in [0.2, 0.25) is 0 Å². The number of hydrogen-bond acceptors (Lipinski definition) is 2. The Bertz CT molecular complexity index is 1020. The van der Waals surface area contributed by atoms with Gasteiger partial charge in [-0.15, -0.1) is 0 Å². The number of anilines is 1. The van der Waals surface area contributed by atoms with Crippen LogP contribution >= 0.6 is 0 Å². The third kappa shape index (κ3) is 5.20. The second kappa shape index (κ2) is 8.22. The minimum atomic E-state index is -4.54. The molecule has 3 nitrogen and oxygen atoms in total. The van der Waals surface area contributed by atoms with Crippen LogP contribution < -0.4 is 10.1 Å². The van der Waals surface area contributed by atoms with E-state index in [2.05, 4.69) is 26.1 Å². The molecule has 3 rings (SSSR count). The highest BCUT2D eigenvalue weighted by Gasteiger charge is 2.31. The van der Waals surface area contributed by atoms with Gasteiger partial charge < -0.3 is 10.1 Å². The number of carbonyl (C=O) groups is 1. The Labute approximate surface area is 173 Å². The number of amides is 1. The van der Waals surface area contributed by atoms with Crippen LogP contribution in [0, 0.1) is 0 Å². The lowest BCUT2D eigenvalue weighted by molar-refractivity contribution is -0.137. The maximum Gasteiger partial charge on any atom is 0.416 e. The first-order chi connectivity index (χ1) is 14.0. The van der Waals surface area contributed by atoms with Crippen molar-refractivity contribution in [2.24, 2.45) is 0 Å². The van der Waals surface area contributed by atoms with E-state index >= 15 is 0 Å². The predicted molar refractivity (Wildman–Crippen MR) is 111 cm³/mol. The molecule has 0 aromatic heterocycles. The minimum Gasteiger partial charge on any atom is -0.455 e. The van der Waals surface area contributed by atoms with Gasteiger partial charge in [0.15, 0.2) is 5.75 Å². The second-order valence-corrected chi connectivity index (χ2v) is 7.91. The molecule has 1 amide bonds. The highest BCUT2D eigenvalue weighted by Crippen LogP contribution is 2.37. The summed E-state index contributed by atoms with van der Waals surface area (Å²) in [5.74, 6) is 0.0524. The van der Waals surface area contributed by atoms with Gasteiger partial charge in [0.1, 0.15) is 5.75 Å². The lowest BCUT2D eigenvalue weighted by Gasteiger charge is -2.19. The van der Waals surface area contributed by atoms with Crippen molar-refractivity contribution < 1.29 is 22.7 Å². The number of benzene rings is 3. The maximum atomic E-state index is 13.2. The van der Waals surface area contributed by atoms with E-state index in [9.17, 15) is 18.0 Å². The molecule has 0 bridgehead atoms. The molecule has 3 aromatic carbocycles. The van der Waals surface area contributed by atoms with E-state index in [4.69, 9.17) is 4.74 Å². The molecule has 1 N–H and O–H groups in total. The summed E-state index contributed by atoms with van der Waals surface area (Å²) < 4.78 is 45.4. The van der Waals surface area contributed by atoms with Gasteiger partial charge in [0.25, 0.3) is 5.91 Å². The molecule has 0 fully saturated rings. The Morgan fingerprint density at radius 1 is 0.833 bits per heavy atom. The molecule has 0 atom stereocenters. The number of hydrogen-bond donors (Lipinski definition) is 1. The third-order valence-electron chi connectivity index (χ3n) is 4.54. The van der Waals surface area contributed by atoms with Crippen LogP contribution in [-0.2, 0) is 11.6 Å². The molecular formula is C24H22F3NO2. The molecule has 0 radical (unpaired) electrons. The standard InChI is InChI=1S/C24H22F3NO2/c1-23(2,3)17-9-12-19(13-10-17)30-21-14-11-18(24(25,26)27)15-20(21)28-22(29)16-7-5-4-6-8-16/h4-15H,1-3H3,(H,28,29). The molecule has 0 heterocycles. The minimum absolute atomic E-state index is 0.0400. The van der Waals surface area contributed by atoms with Crippen LogP contribution in [0.15, 0.2) is 72.8 Å². The fourth-order valence-corrected chi connectivity index (χ4v) is 2.83. The Balaban J connectivity index is 1.92. The quantitative estimate of drug-likeness (QED) is 0.498. The van der Waals surface area contributed by atoms with Gasteiger partial charge in [-0.05, 0) is 53.4 Å². The molecule has 0 aliphatic heterocycles. The average molecular weight is 413 g/mol. The molecule has 3 aromatic rings. The molecule has 0 aliphatic carbocycles. The average Bonchev–Trinajstić information content (AvgIpc) is 2.69. The smallest absolute Gasteiger partial charge is 0.416 e. The number of alkyl halides is 3. The van der Waals surface area contributed by atoms with Crippen molar-refractivity contribution in [1.29, 1.82) is 0 Å². The van der Waals surface area contributed by atoms with Crippen LogP contribution in [-0.4, -0.2) is 5.91 Å². The van der Waals surface area contributed by atoms with Crippen LogP contribution in [0.25, 0.3) is 0 Å². The fourth-order valence-electron chi connectivity index (χ4n) is 2.83. The Hall–Kier alpha value is -3.28. The van der Waals surface area contributed by atoms with E-state index in [1.807, 2.05) is 12.1 Å². The van der Waals surface area contributed by atoms with E-state index in [-0.39, 0.29) is 16.9 Å². The largest absolute Gasteiger partial charge is 0.455 e. The maximum absolute atomic E-state index is 13.2. The molecule has 156 valence electrons. The molecule has 0 unspecified atom stereocenters. The molecule has 6 heteroatoms. The summed E-state index contributed by atoms with van der Waals surface area (Å²) in [4.78, 5) is 12.5. The van der Waals surface area contributed by atoms with Crippen LogP contribution in [0.5, 0.6) is 11.5 Å². The normalized spacial score (nSPS) is 11.8. The summed E-state index contributed by atoms with van der Waals surface area (Å²) in [6, 6.07) is 18.6. The van der Waals surface area contributed by atoms with Crippen LogP contribution in [0.4, 0.5) is 18.9 Å². The van der Waals surface area contributed by atoms with E-state index < -0.39 is 17.6 Å². The zero-order valence-electron chi connectivity index (χ0n) is 16.9. The number of nitrogens with one attached hydrogen (secondary N) is 1. The van der Waals surface area contributed by atoms with Crippen molar-refractivity contribution in [3.63, 3.8) is 0 Å². The van der Waals surface area contributed by atoms with Gasteiger partial charge in [-0.25, -0.2) is 0 Å². The highest BCUT2D eigenvalue weighted by atomic mass is 19.4. The lowest BCUT2D eigenvalue weighted by Crippen LogP contribution is -2.14. The van der Waals surface area contributed by atoms with Crippen LogP contribution in [0.1, 0.15) is 42.3 Å². The van der Waals surface area contributed by atoms with Gasteiger partial charge >= 0.3 is 6.18 Å². The number of carbonyl (C=O) groups excluding carboxylic acids is 1. The second-order valence-electron chi connectivity index (χ2n) is 7.91. The SMILES string of the molecule is CC(C)(C)c1ccc(Oc2ccc(C(F)(F)F)cc2NC(=O)c2ccccc2)cc1. The first-order valence-electron chi connectivity index (χ1n) is 9.40. The van der Waals surface area contributed by atoms with E-state index in [0.29, 0.717) is 11.3 Å². The monoisotopic (exact) mass is 413 g/mol. The Morgan fingerprint density at radius 2 is 1.43 bits per heavy atom. The van der Waals surface area contributed by atoms with Crippen molar-refractivity contribution in [1.82, 2.24) is 0 Å². The molecular weight excluding hydrogens is 391 g/mol. The lowest BCUT2D eigenvalue weighted by atomic mass is 9.87. The number of rotatable bonds is 4.